The Kier molecular flexibility index (Phi) is 7.44. The van der Waals surface area contributed by atoms with E-state index >= 15 is 0 Å². The van der Waals surface area contributed by atoms with E-state index in [1.54, 1.807) is 0 Å². The Morgan fingerprint density at radius 3 is 2.29 bits per heavy atom. The predicted molar refractivity (Wildman–Crippen MR) is 110 cm³/mol. The lowest BCUT2D eigenvalue weighted by Crippen LogP contribution is -2.41. The minimum atomic E-state index is -3.34. The molecule has 0 amide bonds. The second-order valence-electron chi connectivity index (χ2n) is 6.68. The molecule has 1 heterocycles. The maximum atomic E-state index is 12.8. The zero-order valence-corrected chi connectivity index (χ0v) is 17.1. The molecule has 0 unspecified atom stereocenters. The third kappa shape index (κ3) is 5.54. The molecule has 0 aromatic heterocycles. The van der Waals surface area contributed by atoms with E-state index in [9.17, 15) is 8.42 Å². The Labute approximate surface area is 167 Å². The molecule has 28 heavy (non-hydrogen) atoms. The molecule has 1 saturated heterocycles. The second kappa shape index (κ2) is 10.0. The molecule has 1 aliphatic rings. The molecule has 0 saturated carbocycles. The summed E-state index contributed by atoms with van der Waals surface area (Å²) in [5.74, 6) is 0.890. The fourth-order valence-electron chi connectivity index (χ4n) is 3.26. The smallest absolute Gasteiger partial charge is 0.218 e. The van der Waals surface area contributed by atoms with E-state index in [-0.39, 0.29) is 5.75 Å². The second-order valence-corrected chi connectivity index (χ2v) is 8.65. The Morgan fingerprint density at radius 2 is 1.57 bits per heavy atom. The zero-order chi connectivity index (χ0) is 19.8. The molecular formula is C21H28N2O4S. The monoisotopic (exact) mass is 404 g/mol. The largest absolute Gasteiger partial charge is 0.494 e. The van der Waals surface area contributed by atoms with Crippen LogP contribution in [-0.2, 0) is 33.6 Å². The van der Waals surface area contributed by atoms with Gasteiger partial charge in [0, 0.05) is 31.7 Å². The van der Waals surface area contributed by atoms with Gasteiger partial charge < -0.3 is 14.8 Å². The molecule has 1 fully saturated rings. The van der Waals surface area contributed by atoms with E-state index in [2.05, 4.69) is 5.32 Å². The van der Waals surface area contributed by atoms with Gasteiger partial charge in [0.2, 0.25) is 10.0 Å². The van der Waals surface area contributed by atoms with Crippen molar-refractivity contribution < 1.29 is 17.9 Å². The highest BCUT2D eigenvalue weighted by Gasteiger charge is 2.25. The first-order valence-corrected chi connectivity index (χ1v) is 11.2. The molecule has 0 spiro atoms. The Bertz CT molecular complexity index is 864. The van der Waals surface area contributed by atoms with Crippen molar-refractivity contribution in [2.45, 2.75) is 25.8 Å². The van der Waals surface area contributed by atoms with Crippen molar-refractivity contribution >= 4 is 10.0 Å². The highest BCUT2D eigenvalue weighted by Crippen LogP contribution is 2.19. The van der Waals surface area contributed by atoms with Gasteiger partial charge in [-0.05, 0) is 24.1 Å². The molecule has 7 heteroatoms. The van der Waals surface area contributed by atoms with Crippen LogP contribution in [0.4, 0.5) is 0 Å². The van der Waals surface area contributed by atoms with E-state index in [0.717, 1.165) is 22.4 Å². The van der Waals surface area contributed by atoms with Gasteiger partial charge in [-0.15, -0.1) is 0 Å². The third-order valence-electron chi connectivity index (χ3n) is 4.72. The molecule has 2 aromatic carbocycles. The van der Waals surface area contributed by atoms with Crippen LogP contribution in [-0.4, -0.2) is 45.6 Å². The van der Waals surface area contributed by atoms with Crippen LogP contribution in [0.15, 0.2) is 48.5 Å². The van der Waals surface area contributed by atoms with Gasteiger partial charge in [0.25, 0.3) is 0 Å². The van der Waals surface area contributed by atoms with E-state index in [1.165, 1.54) is 4.31 Å². The Morgan fingerprint density at radius 1 is 0.964 bits per heavy atom. The first kappa shape index (κ1) is 20.8. The normalized spacial score (nSPS) is 15.5. The number of para-hydroxylation sites is 1. The molecule has 0 radical (unpaired) electrons. The van der Waals surface area contributed by atoms with Gasteiger partial charge in [-0.25, -0.2) is 8.42 Å². The number of nitrogens with one attached hydrogen (secondary N) is 1. The molecule has 0 atom stereocenters. The number of morpholine rings is 1. The maximum Gasteiger partial charge on any atom is 0.218 e. The fraction of sp³-hybridized carbons (Fsp3) is 0.429. The molecule has 1 aliphatic heterocycles. The van der Waals surface area contributed by atoms with Crippen molar-refractivity contribution in [2.75, 3.05) is 32.9 Å². The van der Waals surface area contributed by atoms with Crippen LogP contribution in [0, 0.1) is 0 Å². The van der Waals surface area contributed by atoms with E-state index in [1.807, 2.05) is 55.5 Å². The number of hydrogen-bond donors (Lipinski definition) is 1. The SMILES string of the molecule is CCOc1ccccc1CNCc1ccccc1CS(=O)(=O)N1CCOCC1. The van der Waals surface area contributed by atoms with Crippen LogP contribution in [0.25, 0.3) is 0 Å². The molecule has 3 rings (SSSR count). The summed E-state index contributed by atoms with van der Waals surface area (Å²) in [6.07, 6.45) is 0. The van der Waals surface area contributed by atoms with Crippen LogP contribution in [0.3, 0.4) is 0 Å². The van der Waals surface area contributed by atoms with Crippen LogP contribution in [0.5, 0.6) is 5.75 Å². The van der Waals surface area contributed by atoms with E-state index in [4.69, 9.17) is 9.47 Å². The van der Waals surface area contributed by atoms with Gasteiger partial charge in [0.05, 0.1) is 25.6 Å². The van der Waals surface area contributed by atoms with Gasteiger partial charge in [-0.3, -0.25) is 0 Å². The van der Waals surface area contributed by atoms with Crippen molar-refractivity contribution in [3.63, 3.8) is 0 Å². The lowest BCUT2D eigenvalue weighted by atomic mass is 10.1. The summed E-state index contributed by atoms with van der Waals surface area (Å²) in [6.45, 7) is 5.61. The molecule has 152 valence electrons. The number of nitrogens with zero attached hydrogens (tertiary/aromatic N) is 1. The van der Waals surface area contributed by atoms with Gasteiger partial charge in [-0.2, -0.15) is 4.31 Å². The summed E-state index contributed by atoms with van der Waals surface area (Å²) in [7, 11) is -3.34. The molecule has 0 bridgehead atoms. The topological polar surface area (TPSA) is 67.9 Å². The number of sulfonamides is 1. The van der Waals surface area contributed by atoms with Gasteiger partial charge in [-0.1, -0.05) is 42.5 Å². The summed E-state index contributed by atoms with van der Waals surface area (Å²) in [5.41, 5.74) is 2.91. The van der Waals surface area contributed by atoms with Crippen molar-refractivity contribution in [3.8, 4) is 5.75 Å². The van der Waals surface area contributed by atoms with Gasteiger partial charge in [0.15, 0.2) is 0 Å². The average Bonchev–Trinajstić information content (AvgIpc) is 2.71. The highest BCUT2D eigenvalue weighted by atomic mass is 32.2. The predicted octanol–water partition coefficient (Wildman–Crippen LogP) is 2.54. The summed E-state index contributed by atoms with van der Waals surface area (Å²) in [4.78, 5) is 0. The fourth-order valence-corrected chi connectivity index (χ4v) is 4.82. The zero-order valence-electron chi connectivity index (χ0n) is 16.3. The summed E-state index contributed by atoms with van der Waals surface area (Å²) in [5, 5.41) is 3.41. The Balaban J connectivity index is 1.64. The maximum absolute atomic E-state index is 12.8. The lowest BCUT2D eigenvalue weighted by Gasteiger charge is -2.26. The molecular weight excluding hydrogens is 376 g/mol. The van der Waals surface area contributed by atoms with Gasteiger partial charge in [0.1, 0.15) is 5.75 Å². The number of rotatable bonds is 9. The summed E-state index contributed by atoms with van der Waals surface area (Å²) in [6, 6.07) is 15.6. The van der Waals surface area contributed by atoms with Crippen molar-refractivity contribution in [1.29, 1.82) is 0 Å². The molecule has 6 nitrogen and oxygen atoms in total. The standard InChI is InChI=1S/C21H28N2O4S/c1-2-27-21-10-6-5-8-19(21)16-22-15-18-7-3-4-9-20(18)17-28(24,25)23-11-13-26-14-12-23/h3-10,22H,2,11-17H2,1H3. The lowest BCUT2D eigenvalue weighted by molar-refractivity contribution is 0.0729. The highest BCUT2D eigenvalue weighted by molar-refractivity contribution is 7.88. The minimum absolute atomic E-state index is 0.0143. The average molecular weight is 405 g/mol. The number of hydrogen-bond acceptors (Lipinski definition) is 5. The summed E-state index contributed by atoms with van der Waals surface area (Å²) < 4.78 is 38.0. The van der Waals surface area contributed by atoms with Crippen LogP contribution in [0.2, 0.25) is 0 Å². The molecule has 2 aromatic rings. The molecule has 1 N–H and O–H groups in total. The van der Waals surface area contributed by atoms with Crippen molar-refractivity contribution in [2.24, 2.45) is 0 Å². The quantitative estimate of drug-likeness (QED) is 0.696. The summed E-state index contributed by atoms with van der Waals surface area (Å²) >= 11 is 0. The molecule has 0 aliphatic carbocycles. The number of ether oxygens (including phenoxy) is 2. The van der Waals surface area contributed by atoms with Crippen molar-refractivity contribution in [1.82, 2.24) is 9.62 Å². The first-order chi connectivity index (χ1) is 13.6. The van der Waals surface area contributed by atoms with Crippen LogP contribution < -0.4 is 10.1 Å². The Hall–Kier alpha value is -1.93. The van der Waals surface area contributed by atoms with E-state index in [0.29, 0.717) is 46.0 Å². The number of benzene rings is 2. The minimum Gasteiger partial charge on any atom is -0.494 e. The van der Waals surface area contributed by atoms with Crippen molar-refractivity contribution in [3.05, 3.63) is 65.2 Å². The van der Waals surface area contributed by atoms with Gasteiger partial charge >= 0.3 is 0 Å². The van der Waals surface area contributed by atoms with E-state index < -0.39 is 10.0 Å². The van der Waals surface area contributed by atoms with Crippen LogP contribution >= 0.6 is 0 Å². The first-order valence-electron chi connectivity index (χ1n) is 9.64. The third-order valence-corrected chi connectivity index (χ3v) is 6.55. The van der Waals surface area contributed by atoms with Crippen LogP contribution in [0.1, 0.15) is 23.6 Å².